The molecule has 1 heterocycles. The van der Waals surface area contributed by atoms with E-state index < -0.39 is 34.0 Å². The maximum Gasteiger partial charge on any atom is 0.290 e. The van der Waals surface area contributed by atoms with E-state index in [0.717, 1.165) is 12.1 Å². The van der Waals surface area contributed by atoms with Crippen LogP contribution in [-0.2, 0) is 0 Å². The third-order valence-electron chi connectivity index (χ3n) is 2.97. The van der Waals surface area contributed by atoms with Crippen LogP contribution in [-0.4, -0.2) is 0 Å². The molecule has 3 rings (SSSR count). The van der Waals surface area contributed by atoms with Gasteiger partial charge in [0.25, 0.3) is 6.01 Å². The highest BCUT2D eigenvalue weighted by atomic mass is 19.2. The Labute approximate surface area is 111 Å². The Morgan fingerprint density at radius 1 is 0.900 bits per heavy atom. The molecule has 5 heteroatoms. The van der Waals surface area contributed by atoms with Gasteiger partial charge in [0.15, 0.2) is 11.6 Å². The standard InChI is InChI=1S/C15H7F3O2/c16-9-6-7-10-12(13(9)17)14(19)11(15(18)20-10)8-4-2-1-3-5-8/h1-7H. The number of hydrogen-bond acceptors (Lipinski definition) is 2. The largest absolute Gasteiger partial charge is 0.430 e. The Morgan fingerprint density at radius 3 is 2.30 bits per heavy atom. The van der Waals surface area contributed by atoms with Gasteiger partial charge in [0, 0.05) is 0 Å². The zero-order valence-corrected chi connectivity index (χ0v) is 9.99. The SMILES string of the molecule is O=c1c(-c2ccccc2)c(F)oc2ccc(F)c(F)c12. The lowest BCUT2D eigenvalue weighted by Gasteiger charge is -2.05. The second-order valence-corrected chi connectivity index (χ2v) is 4.18. The molecular weight excluding hydrogens is 269 g/mol. The highest BCUT2D eigenvalue weighted by Gasteiger charge is 2.20. The Morgan fingerprint density at radius 2 is 1.60 bits per heavy atom. The van der Waals surface area contributed by atoms with Gasteiger partial charge >= 0.3 is 0 Å². The summed E-state index contributed by atoms with van der Waals surface area (Å²) in [6.45, 7) is 0. The number of rotatable bonds is 1. The van der Waals surface area contributed by atoms with Gasteiger partial charge in [-0.25, -0.2) is 8.78 Å². The number of halogens is 3. The molecule has 0 atom stereocenters. The fraction of sp³-hybridized carbons (Fsp3) is 0. The van der Waals surface area contributed by atoms with E-state index in [1.54, 1.807) is 18.2 Å². The van der Waals surface area contributed by atoms with Crippen LogP contribution in [0.2, 0.25) is 0 Å². The summed E-state index contributed by atoms with van der Waals surface area (Å²) in [5.74, 6) is -2.52. The molecule has 0 aliphatic rings. The molecule has 3 aromatic rings. The molecule has 0 amide bonds. The van der Waals surface area contributed by atoms with E-state index in [4.69, 9.17) is 4.42 Å². The summed E-state index contributed by atoms with van der Waals surface area (Å²) >= 11 is 0. The molecule has 100 valence electrons. The lowest BCUT2D eigenvalue weighted by molar-refractivity contribution is 0.372. The van der Waals surface area contributed by atoms with E-state index >= 15 is 0 Å². The smallest absolute Gasteiger partial charge is 0.290 e. The molecule has 2 aromatic carbocycles. The first kappa shape index (κ1) is 12.5. The minimum atomic E-state index is -1.34. The molecule has 0 saturated carbocycles. The molecule has 0 fully saturated rings. The van der Waals surface area contributed by atoms with Gasteiger partial charge in [-0.3, -0.25) is 4.79 Å². The van der Waals surface area contributed by atoms with E-state index in [-0.39, 0.29) is 11.1 Å². The Balaban J connectivity index is 2.46. The second-order valence-electron chi connectivity index (χ2n) is 4.18. The normalized spacial score (nSPS) is 10.9. The van der Waals surface area contributed by atoms with Crippen LogP contribution in [0, 0.1) is 17.6 Å². The van der Waals surface area contributed by atoms with Crippen LogP contribution in [0.15, 0.2) is 51.7 Å². The fourth-order valence-corrected chi connectivity index (χ4v) is 2.04. The highest BCUT2D eigenvalue weighted by Crippen LogP contribution is 2.25. The van der Waals surface area contributed by atoms with Gasteiger partial charge in [0.1, 0.15) is 16.5 Å². The monoisotopic (exact) mass is 276 g/mol. The maximum atomic E-state index is 13.9. The molecule has 0 aliphatic carbocycles. The van der Waals surface area contributed by atoms with Gasteiger partial charge in [-0.15, -0.1) is 0 Å². The van der Waals surface area contributed by atoms with E-state index in [1.165, 1.54) is 12.1 Å². The van der Waals surface area contributed by atoms with Crippen molar-refractivity contribution in [1.82, 2.24) is 0 Å². The van der Waals surface area contributed by atoms with Gasteiger partial charge < -0.3 is 4.42 Å². The maximum absolute atomic E-state index is 13.9. The molecule has 20 heavy (non-hydrogen) atoms. The van der Waals surface area contributed by atoms with Crippen LogP contribution in [0.25, 0.3) is 22.1 Å². The topological polar surface area (TPSA) is 30.2 Å². The molecule has 0 radical (unpaired) electrons. The molecular formula is C15H7F3O2. The summed E-state index contributed by atoms with van der Waals surface area (Å²) in [7, 11) is 0. The summed E-state index contributed by atoms with van der Waals surface area (Å²) in [5, 5.41) is -0.592. The zero-order valence-electron chi connectivity index (χ0n) is 9.99. The van der Waals surface area contributed by atoms with Crippen LogP contribution in [0.1, 0.15) is 0 Å². The van der Waals surface area contributed by atoms with Crippen LogP contribution in [0.4, 0.5) is 13.2 Å². The van der Waals surface area contributed by atoms with Crippen molar-refractivity contribution in [3.05, 3.63) is 70.3 Å². The summed E-state index contributed by atoms with van der Waals surface area (Å²) < 4.78 is 45.6. The predicted molar refractivity (Wildman–Crippen MR) is 67.8 cm³/mol. The Kier molecular flexibility index (Phi) is 2.82. The van der Waals surface area contributed by atoms with Gasteiger partial charge in [-0.2, -0.15) is 4.39 Å². The number of benzene rings is 2. The van der Waals surface area contributed by atoms with Crippen molar-refractivity contribution in [1.29, 1.82) is 0 Å². The first-order valence-corrected chi connectivity index (χ1v) is 5.75. The van der Waals surface area contributed by atoms with Crippen molar-refractivity contribution in [3.8, 4) is 11.1 Å². The lowest BCUT2D eigenvalue weighted by atomic mass is 10.1. The summed E-state index contributed by atoms with van der Waals surface area (Å²) in [5.41, 5.74) is -1.44. The molecule has 2 nitrogen and oxygen atoms in total. The van der Waals surface area contributed by atoms with Gasteiger partial charge in [-0.05, 0) is 17.7 Å². The Hall–Kier alpha value is -2.56. The first-order chi connectivity index (χ1) is 9.59. The van der Waals surface area contributed by atoms with E-state index in [2.05, 4.69) is 0 Å². The predicted octanol–water partition coefficient (Wildman–Crippen LogP) is 3.88. The molecule has 0 unspecified atom stereocenters. The number of fused-ring (bicyclic) bond motifs is 1. The second kappa shape index (κ2) is 4.52. The average Bonchev–Trinajstić information content (AvgIpc) is 2.44. The van der Waals surface area contributed by atoms with Crippen LogP contribution >= 0.6 is 0 Å². The zero-order chi connectivity index (χ0) is 14.3. The average molecular weight is 276 g/mol. The van der Waals surface area contributed by atoms with Crippen molar-refractivity contribution in [2.24, 2.45) is 0 Å². The minimum Gasteiger partial charge on any atom is -0.430 e. The van der Waals surface area contributed by atoms with Gasteiger partial charge in [-0.1, -0.05) is 30.3 Å². The third-order valence-corrected chi connectivity index (χ3v) is 2.97. The van der Waals surface area contributed by atoms with Crippen molar-refractivity contribution >= 4 is 11.0 Å². The molecule has 1 aromatic heterocycles. The lowest BCUT2D eigenvalue weighted by Crippen LogP contribution is -2.10. The molecule has 0 N–H and O–H groups in total. The van der Waals surface area contributed by atoms with Crippen LogP contribution in [0.5, 0.6) is 0 Å². The van der Waals surface area contributed by atoms with Crippen molar-refractivity contribution in [3.63, 3.8) is 0 Å². The van der Waals surface area contributed by atoms with Crippen molar-refractivity contribution in [2.45, 2.75) is 0 Å². The van der Waals surface area contributed by atoms with Crippen molar-refractivity contribution in [2.75, 3.05) is 0 Å². The molecule has 0 aliphatic heterocycles. The molecule has 0 bridgehead atoms. The van der Waals surface area contributed by atoms with Gasteiger partial charge in [0.05, 0.1) is 0 Å². The Bertz CT molecular complexity index is 854. The minimum absolute atomic E-state index is 0.240. The number of hydrogen-bond donors (Lipinski definition) is 0. The third kappa shape index (κ3) is 1.79. The summed E-state index contributed by atoms with van der Waals surface area (Å²) in [6.07, 6.45) is 0. The first-order valence-electron chi connectivity index (χ1n) is 5.75. The quantitative estimate of drug-likeness (QED) is 0.675. The summed E-state index contributed by atoms with van der Waals surface area (Å²) in [6, 6.07) is 8.52. The molecule has 0 spiro atoms. The van der Waals surface area contributed by atoms with E-state index in [1.807, 2.05) is 0 Å². The molecule has 0 saturated heterocycles. The van der Waals surface area contributed by atoms with E-state index in [9.17, 15) is 18.0 Å². The van der Waals surface area contributed by atoms with Crippen LogP contribution < -0.4 is 5.43 Å². The summed E-state index contributed by atoms with van der Waals surface area (Å²) in [4.78, 5) is 12.2. The fourth-order valence-electron chi connectivity index (χ4n) is 2.04. The van der Waals surface area contributed by atoms with E-state index in [0.29, 0.717) is 0 Å². The highest BCUT2D eigenvalue weighted by molar-refractivity contribution is 5.82. The van der Waals surface area contributed by atoms with Crippen LogP contribution in [0.3, 0.4) is 0 Å². The van der Waals surface area contributed by atoms with Crippen molar-refractivity contribution < 1.29 is 17.6 Å². The van der Waals surface area contributed by atoms with Gasteiger partial charge in [0.2, 0.25) is 5.43 Å².